The summed E-state index contributed by atoms with van der Waals surface area (Å²) in [6, 6.07) is 6.07. The van der Waals surface area contributed by atoms with Crippen molar-refractivity contribution in [3.63, 3.8) is 0 Å². The molecule has 0 bridgehead atoms. The molecule has 6 nitrogen and oxygen atoms in total. The molecule has 2 aromatic rings. The molecule has 1 aromatic heterocycles. The Morgan fingerprint density at radius 3 is 2.77 bits per heavy atom. The van der Waals surface area contributed by atoms with Crippen molar-refractivity contribution in [2.75, 3.05) is 26.2 Å². The van der Waals surface area contributed by atoms with Gasteiger partial charge in [-0.1, -0.05) is 11.2 Å². The topological polar surface area (TPSA) is 62.5 Å². The molecule has 0 atom stereocenters. The fraction of sp³-hybridized carbons (Fsp3) is 0.400. The zero-order valence-corrected chi connectivity index (χ0v) is 12.3. The number of benzene rings is 1. The summed E-state index contributed by atoms with van der Waals surface area (Å²) in [4.78, 5) is 19.6. The third kappa shape index (κ3) is 3.30. The summed E-state index contributed by atoms with van der Waals surface area (Å²) in [5, 5.41) is 3.94. The van der Waals surface area contributed by atoms with Crippen LogP contribution in [0.2, 0.25) is 0 Å². The highest BCUT2D eigenvalue weighted by Crippen LogP contribution is 2.18. The molecule has 1 aliphatic heterocycles. The van der Waals surface area contributed by atoms with E-state index in [-0.39, 0.29) is 11.7 Å². The smallest absolute Gasteiger partial charge is 0.258 e. The molecule has 1 fully saturated rings. The summed E-state index contributed by atoms with van der Waals surface area (Å²) in [5.41, 5.74) is 0.570. The maximum Gasteiger partial charge on any atom is 0.258 e. The van der Waals surface area contributed by atoms with Crippen molar-refractivity contribution in [2.45, 2.75) is 13.5 Å². The Balaban J connectivity index is 1.62. The molecule has 0 unspecified atom stereocenters. The normalized spacial score (nSPS) is 16.0. The minimum absolute atomic E-state index is 0.104. The van der Waals surface area contributed by atoms with Crippen LogP contribution in [0.3, 0.4) is 0 Å². The summed E-state index contributed by atoms with van der Waals surface area (Å²) in [6.45, 7) is 5.13. The summed E-state index contributed by atoms with van der Waals surface area (Å²) >= 11 is 0. The van der Waals surface area contributed by atoms with Crippen molar-refractivity contribution in [3.05, 3.63) is 35.9 Å². The molecule has 3 rings (SSSR count). The first-order chi connectivity index (χ1) is 10.6. The van der Waals surface area contributed by atoms with E-state index in [2.05, 4.69) is 15.0 Å². The summed E-state index contributed by atoms with van der Waals surface area (Å²) < 4.78 is 18.4. The van der Waals surface area contributed by atoms with Crippen LogP contribution in [-0.4, -0.2) is 52.0 Å². The van der Waals surface area contributed by atoms with Crippen LogP contribution < -0.4 is 0 Å². The van der Waals surface area contributed by atoms with E-state index >= 15 is 0 Å². The van der Waals surface area contributed by atoms with Crippen molar-refractivity contribution in [1.82, 2.24) is 19.9 Å². The van der Waals surface area contributed by atoms with Gasteiger partial charge >= 0.3 is 0 Å². The molecule has 116 valence electrons. The Labute approximate surface area is 127 Å². The van der Waals surface area contributed by atoms with Gasteiger partial charge < -0.3 is 9.42 Å². The van der Waals surface area contributed by atoms with Gasteiger partial charge in [-0.15, -0.1) is 0 Å². The number of amides is 1. The van der Waals surface area contributed by atoms with Crippen LogP contribution in [0.5, 0.6) is 0 Å². The van der Waals surface area contributed by atoms with Crippen LogP contribution in [-0.2, 0) is 11.3 Å². The highest BCUT2D eigenvalue weighted by molar-refractivity contribution is 5.73. The Kier molecular flexibility index (Phi) is 4.15. The molecule has 1 amide bonds. The van der Waals surface area contributed by atoms with Crippen molar-refractivity contribution < 1.29 is 13.7 Å². The molecule has 1 aromatic carbocycles. The fourth-order valence-electron chi connectivity index (χ4n) is 2.48. The lowest BCUT2D eigenvalue weighted by Crippen LogP contribution is -2.47. The third-order valence-electron chi connectivity index (χ3n) is 3.72. The molecule has 22 heavy (non-hydrogen) atoms. The van der Waals surface area contributed by atoms with Crippen LogP contribution in [0.25, 0.3) is 11.5 Å². The average molecular weight is 304 g/mol. The van der Waals surface area contributed by atoms with Gasteiger partial charge in [-0.2, -0.15) is 4.98 Å². The maximum absolute atomic E-state index is 13.2. The first-order valence-electron chi connectivity index (χ1n) is 7.18. The third-order valence-corrected chi connectivity index (χ3v) is 3.72. The first kappa shape index (κ1) is 14.6. The molecule has 1 saturated heterocycles. The number of rotatable bonds is 3. The largest absolute Gasteiger partial charge is 0.340 e. The first-order valence-corrected chi connectivity index (χ1v) is 7.18. The van der Waals surface area contributed by atoms with Crippen LogP contribution in [0, 0.1) is 5.82 Å². The van der Waals surface area contributed by atoms with E-state index in [0.29, 0.717) is 36.9 Å². The van der Waals surface area contributed by atoms with E-state index in [0.717, 1.165) is 13.1 Å². The van der Waals surface area contributed by atoms with E-state index < -0.39 is 0 Å². The fourth-order valence-corrected chi connectivity index (χ4v) is 2.48. The van der Waals surface area contributed by atoms with Gasteiger partial charge in [-0.05, 0) is 18.2 Å². The van der Waals surface area contributed by atoms with Crippen molar-refractivity contribution in [2.24, 2.45) is 0 Å². The molecule has 0 saturated carbocycles. The zero-order valence-electron chi connectivity index (χ0n) is 12.3. The molecule has 0 radical (unpaired) electrons. The van der Waals surface area contributed by atoms with Crippen LogP contribution in [0.4, 0.5) is 4.39 Å². The Morgan fingerprint density at radius 2 is 2.09 bits per heavy atom. The van der Waals surface area contributed by atoms with E-state index in [9.17, 15) is 9.18 Å². The van der Waals surface area contributed by atoms with Gasteiger partial charge in [-0.25, -0.2) is 4.39 Å². The lowest BCUT2D eigenvalue weighted by atomic mass is 10.2. The SMILES string of the molecule is CC(=O)N1CCN(Cc2noc(-c3cccc(F)c3)n2)CC1. The van der Waals surface area contributed by atoms with Crippen molar-refractivity contribution in [1.29, 1.82) is 0 Å². The molecule has 0 aliphatic carbocycles. The lowest BCUT2D eigenvalue weighted by Gasteiger charge is -2.33. The molecule has 7 heteroatoms. The zero-order chi connectivity index (χ0) is 15.5. The van der Waals surface area contributed by atoms with Crippen molar-refractivity contribution in [3.8, 4) is 11.5 Å². The van der Waals surface area contributed by atoms with Crippen molar-refractivity contribution >= 4 is 5.91 Å². The van der Waals surface area contributed by atoms with E-state index in [4.69, 9.17) is 4.52 Å². The van der Waals surface area contributed by atoms with E-state index in [1.807, 2.05) is 4.90 Å². The predicted molar refractivity (Wildman–Crippen MR) is 77.2 cm³/mol. The summed E-state index contributed by atoms with van der Waals surface area (Å²) in [5.74, 6) is 0.651. The number of halogens is 1. The quantitative estimate of drug-likeness (QED) is 0.861. The second-order valence-corrected chi connectivity index (χ2v) is 5.31. The molecule has 0 N–H and O–H groups in total. The molecular formula is C15H17FN4O2. The molecule has 0 spiro atoms. The summed E-state index contributed by atoms with van der Waals surface area (Å²) in [6.07, 6.45) is 0. The highest BCUT2D eigenvalue weighted by Gasteiger charge is 2.20. The van der Waals surface area contributed by atoms with Gasteiger partial charge in [0.25, 0.3) is 5.89 Å². The van der Waals surface area contributed by atoms with Gasteiger partial charge in [0.1, 0.15) is 5.82 Å². The predicted octanol–water partition coefficient (Wildman–Crippen LogP) is 1.54. The minimum atomic E-state index is -0.336. The number of carbonyl (C=O) groups excluding carboxylic acids is 1. The Morgan fingerprint density at radius 1 is 1.32 bits per heavy atom. The maximum atomic E-state index is 13.2. The monoisotopic (exact) mass is 304 g/mol. The molecule has 1 aliphatic rings. The Bertz CT molecular complexity index is 665. The number of hydrogen-bond donors (Lipinski definition) is 0. The highest BCUT2D eigenvalue weighted by atomic mass is 19.1. The number of hydrogen-bond acceptors (Lipinski definition) is 5. The lowest BCUT2D eigenvalue weighted by molar-refractivity contribution is -0.130. The van der Waals surface area contributed by atoms with Gasteiger partial charge in [0.05, 0.1) is 6.54 Å². The van der Waals surface area contributed by atoms with Crippen LogP contribution >= 0.6 is 0 Å². The van der Waals surface area contributed by atoms with Gasteiger partial charge in [0.2, 0.25) is 5.91 Å². The molecular weight excluding hydrogens is 287 g/mol. The number of carbonyl (C=O) groups is 1. The Hall–Kier alpha value is -2.28. The second-order valence-electron chi connectivity index (χ2n) is 5.31. The standard InChI is InChI=1S/C15H17FN4O2/c1-11(21)20-7-5-19(6-8-20)10-14-17-15(22-18-14)12-3-2-4-13(16)9-12/h2-4,9H,5-8,10H2,1H3. The minimum Gasteiger partial charge on any atom is -0.340 e. The number of nitrogens with zero attached hydrogens (tertiary/aromatic N) is 4. The van der Waals surface area contributed by atoms with Crippen LogP contribution in [0.1, 0.15) is 12.7 Å². The van der Waals surface area contributed by atoms with Gasteiger partial charge in [-0.3, -0.25) is 9.69 Å². The summed E-state index contributed by atoms with van der Waals surface area (Å²) in [7, 11) is 0. The van der Waals surface area contributed by atoms with E-state index in [1.54, 1.807) is 19.1 Å². The van der Waals surface area contributed by atoms with Crippen LogP contribution in [0.15, 0.2) is 28.8 Å². The average Bonchev–Trinajstić information content (AvgIpc) is 2.96. The second kappa shape index (κ2) is 6.23. The van der Waals surface area contributed by atoms with Gasteiger partial charge in [0.15, 0.2) is 5.82 Å². The number of piperazine rings is 1. The molecule has 2 heterocycles. The van der Waals surface area contributed by atoms with Gasteiger partial charge in [0, 0.05) is 38.7 Å². The number of aromatic nitrogens is 2. The van der Waals surface area contributed by atoms with E-state index in [1.165, 1.54) is 12.1 Å².